The third-order valence-corrected chi connectivity index (χ3v) is 6.12. The number of nitrogens with two attached hydrogens (primary N) is 1. The molecule has 0 spiro atoms. The predicted molar refractivity (Wildman–Crippen MR) is 89.1 cm³/mol. The van der Waals surface area contributed by atoms with E-state index in [4.69, 9.17) is 5.73 Å². The van der Waals surface area contributed by atoms with Crippen LogP contribution in [0.15, 0.2) is 47.4 Å². The summed E-state index contributed by atoms with van der Waals surface area (Å²) in [5.74, 6) is 0.356. The fraction of sp³-hybridized carbons (Fsp3) is 0.412. The van der Waals surface area contributed by atoms with Crippen molar-refractivity contribution in [1.29, 1.82) is 0 Å². The average molecular weight is 318 g/mol. The second-order valence-electron chi connectivity index (χ2n) is 5.99. The van der Waals surface area contributed by atoms with Gasteiger partial charge in [-0.25, -0.2) is 13.1 Å². The Kier molecular flexibility index (Phi) is 4.47. The molecule has 0 bridgehead atoms. The summed E-state index contributed by atoms with van der Waals surface area (Å²) in [7, 11) is -3.57. The Morgan fingerprint density at radius 2 is 1.77 bits per heavy atom. The first-order chi connectivity index (χ1) is 10.6. The van der Waals surface area contributed by atoms with Crippen LogP contribution in [0.4, 0.5) is 0 Å². The summed E-state index contributed by atoms with van der Waals surface area (Å²) in [5.41, 5.74) is 5.82. The Bertz CT molecular complexity index is 747. The van der Waals surface area contributed by atoms with Gasteiger partial charge in [-0.05, 0) is 30.2 Å². The molecule has 3 rings (SSSR count). The van der Waals surface area contributed by atoms with Crippen LogP contribution in [0.1, 0.15) is 25.7 Å². The maximum absolute atomic E-state index is 12.8. The van der Waals surface area contributed by atoms with E-state index in [1.165, 1.54) is 0 Å². The molecule has 2 aromatic carbocycles. The van der Waals surface area contributed by atoms with Crippen molar-refractivity contribution < 1.29 is 8.42 Å². The minimum Gasteiger partial charge on any atom is -0.329 e. The molecule has 0 heterocycles. The molecular weight excluding hydrogens is 296 g/mol. The van der Waals surface area contributed by atoms with Crippen LogP contribution in [0.25, 0.3) is 10.8 Å². The Balaban J connectivity index is 1.94. The Hall–Kier alpha value is -1.43. The van der Waals surface area contributed by atoms with Gasteiger partial charge in [0.05, 0.1) is 4.90 Å². The minimum absolute atomic E-state index is 0.175. The summed E-state index contributed by atoms with van der Waals surface area (Å²) in [6.45, 7) is 0.342. The summed E-state index contributed by atoms with van der Waals surface area (Å²) < 4.78 is 28.5. The summed E-state index contributed by atoms with van der Waals surface area (Å²) in [4.78, 5) is 0.335. The van der Waals surface area contributed by atoms with Gasteiger partial charge < -0.3 is 5.73 Å². The minimum atomic E-state index is -3.57. The molecule has 1 aliphatic carbocycles. The fourth-order valence-corrected chi connectivity index (χ4v) is 4.94. The van der Waals surface area contributed by atoms with E-state index in [-0.39, 0.29) is 6.04 Å². The van der Waals surface area contributed by atoms with Crippen LogP contribution in [0.5, 0.6) is 0 Å². The van der Waals surface area contributed by atoms with E-state index in [0.717, 1.165) is 36.5 Å². The number of fused-ring (bicyclic) bond motifs is 1. The number of hydrogen-bond donors (Lipinski definition) is 2. The molecule has 22 heavy (non-hydrogen) atoms. The molecule has 0 saturated heterocycles. The van der Waals surface area contributed by atoms with E-state index in [1.807, 2.05) is 30.3 Å². The zero-order valence-corrected chi connectivity index (χ0v) is 13.4. The SMILES string of the molecule is NCC(NS(=O)(=O)c1cccc2ccccc12)C1CCCC1. The lowest BCUT2D eigenvalue weighted by Crippen LogP contribution is -2.44. The molecule has 1 atom stereocenters. The molecule has 2 aromatic rings. The van der Waals surface area contributed by atoms with Gasteiger partial charge in [-0.1, -0.05) is 49.2 Å². The normalized spacial score (nSPS) is 17.9. The van der Waals surface area contributed by atoms with Gasteiger partial charge in [0, 0.05) is 18.0 Å². The predicted octanol–water partition coefficient (Wildman–Crippen LogP) is 2.64. The van der Waals surface area contributed by atoms with E-state index in [2.05, 4.69) is 4.72 Å². The molecule has 5 heteroatoms. The van der Waals surface area contributed by atoms with Crippen molar-refractivity contribution in [3.63, 3.8) is 0 Å². The Labute approximate surface area is 131 Å². The van der Waals surface area contributed by atoms with Gasteiger partial charge in [0.1, 0.15) is 0 Å². The molecule has 0 radical (unpaired) electrons. The molecule has 1 unspecified atom stereocenters. The van der Waals surface area contributed by atoms with Crippen LogP contribution in [-0.4, -0.2) is 21.0 Å². The number of nitrogens with one attached hydrogen (secondary N) is 1. The monoisotopic (exact) mass is 318 g/mol. The number of rotatable bonds is 5. The number of sulfonamides is 1. The zero-order valence-electron chi connectivity index (χ0n) is 12.5. The van der Waals surface area contributed by atoms with Gasteiger partial charge in [-0.3, -0.25) is 0 Å². The van der Waals surface area contributed by atoms with E-state index >= 15 is 0 Å². The fourth-order valence-electron chi connectivity index (χ4n) is 3.39. The van der Waals surface area contributed by atoms with Gasteiger partial charge in [0.15, 0.2) is 0 Å². The Morgan fingerprint density at radius 1 is 1.09 bits per heavy atom. The van der Waals surface area contributed by atoms with Gasteiger partial charge in [-0.2, -0.15) is 0 Å². The largest absolute Gasteiger partial charge is 0.329 e. The summed E-state index contributed by atoms with van der Waals surface area (Å²) in [6, 6.07) is 12.7. The third-order valence-electron chi connectivity index (χ3n) is 4.57. The zero-order chi connectivity index (χ0) is 15.6. The van der Waals surface area contributed by atoms with Crippen LogP contribution >= 0.6 is 0 Å². The molecule has 1 aliphatic rings. The van der Waals surface area contributed by atoms with Crippen molar-refractivity contribution in [2.75, 3.05) is 6.54 Å². The maximum atomic E-state index is 12.8. The first-order valence-corrected chi connectivity index (χ1v) is 9.30. The van der Waals surface area contributed by atoms with Crippen LogP contribution in [0.2, 0.25) is 0 Å². The van der Waals surface area contributed by atoms with Crippen molar-refractivity contribution in [2.24, 2.45) is 11.7 Å². The van der Waals surface area contributed by atoms with Gasteiger partial charge in [0.2, 0.25) is 10.0 Å². The molecule has 0 aliphatic heterocycles. The molecular formula is C17H22N2O2S. The molecule has 0 aromatic heterocycles. The molecule has 0 amide bonds. The number of benzene rings is 2. The summed E-state index contributed by atoms with van der Waals surface area (Å²) >= 11 is 0. The lowest BCUT2D eigenvalue weighted by molar-refractivity contribution is 0.406. The van der Waals surface area contributed by atoms with Crippen LogP contribution in [0.3, 0.4) is 0 Å². The standard InChI is InChI=1S/C17H22N2O2S/c18-12-16(14-7-1-2-8-14)19-22(20,21)17-11-5-9-13-6-3-4-10-15(13)17/h3-6,9-11,14,16,19H,1-2,7-8,12,18H2. The van der Waals surface area contributed by atoms with Crippen molar-refractivity contribution in [3.05, 3.63) is 42.5 Å². The van der Waals surface area contributed by atoms with Crippen molar-refractivity contribution in [2.45, 2.75) is 36.6 Å². The first kappa shape index (κ1) is 15.5. The molecule has 1 fully saturated rings. The van der Waals surface area contributed by atoms with Crippen LogP contribution in [-0.2, 0) is 10.0 Å². The summed E-state index contributed by atoms with van der Waals surface area (Å²) in [6.07, 6.45) is 4.44. The van der Waals surface area contributed by atoms with E-state index in [0.29, 0.717) is 17.4 Å². The van der Waals surface area contributed by atoms with Crippen LogP contribution < -0.4 is 10.5 Å². The van der Waals surface area contributed by atoms with Gasteiger partial charge in [-0.15, -0.1) is 0 Å². The average Bonchev–Trinajstić information content (AvgIpc) is 3.06. The molecule has 4 nitrogen and oxygen atoms in total. The van der Waals surface area contributed by atoms with E-state index in [1.54, 1.807) is 12.1 Å². The second kappa shape index (κ2) is 6.36. The molecule has 3 N–H and O–H groups in total. The van der Waals surface area contributed by atoms with Crippen LogP contribution in [0, 0.1) is 5.92 Å². The van der Waals surface area contributed by atoms with E-state index in [9.17, 15) is 8.42 Å². The van der Waals surface area contributed by atoms with Crippen molar-refractivity contribution in [1.82, 2.24) is 4.72 Å². The van der Waals surface area contributed by atoms with E-state index < -0.39 is 10.0 Å². The van der Waals surface area contributed by atoms with Gasteiger partial charge >= 0.3 is 0 Å². The maximum Gasteiger partial charge on any atom is 0.241 e. The molecule has 1 saturated carbocycles. The third kappa shape index (κ3) is 3.02. The topological polar surface area (TPSA) is 72.2 Å². The first-order valence-electron chi connectivity index (χ1n) is 7.82. The Morgan fingerprint density at radius 3 is 2.50 bits per heavy atom. The molecule has 118 valence electrons. The second-order valence-corrected chi connectivity index (χ2v) is 7.67. The smallest absolute Gasteiger partial charge is 0.241 e. The quantitative estimate of drug-likeness (QED) is 0.890. The number of hydrogen-bond acceptors (Lipinski definition) is 3. The lowest BCUT2D eigenvalue weighted by Gasteiger charge is -2.23. The highest BCUT2D eigenvalue weighted by atomic mass is 32.2. The van der Waals surface area contributed by atoms with Crippen molar-refractivity contribution >= 4 is 20.8 Å². The van der Waals surface area contributed by atoms with Gasteiger partial charge in [0.25, 0.3) is 0 Å². The highest BCUT2D eigenvalue weighted by molar-refractivity contribution is 7.89. The summed E-state index contributed by atoms with van der Waals surface area (Å²) in [5, 5.41) is 1.68. The highest BCUT2D eigenvalue weighted by Crippen LogP contribution is 2.29. The lowest BCUT2D eigenvalue weighted by atomic mass is 9.99. The highest BCUT2D eigenvalue weighted by Gasteiger charge is 2.29. The van der Waals surface area contributed by atoms with Crippen molar-refractivity contribution in [3.8, 4) is 0 Å².